The van der Waals surface area contributed by atoms with Gasteiger partial charge in [0.25, 0.3) is 0 Å². The van der Waals surface area contributed by atoms with E-state index in [2.05, 4.69) is 25.9 Å². The lowest BCUT2D eigenvalue weighted by atomic mass is 10.1. The van der Waals surface area contributed by atoms with E-state index in [-0.39, 0.29) is 11.9 Å². The Morgan fingerprint density at radius 2 is 1.74 bits per heavy atom. The molecular formula is C28H27F3N6O2. The monoisotopic (exact) mass is 536 g/mol. The van der Waals surface area contributed by atoms with Crippen LogP contribution in [0.25, 0.3) is 10.8 Å². The lowest BCUT2D eigenvalue weighted by Crippen LogP contribution is -2.13. The molecule has 0 spiro atoms. The van der Waals surface area contributed by atoms with Gasteiger partial charge in [-0.3, -0.25) is 4.79 Å². The number of hydrogen-bond donors (Lipinski definition) is 3. The van der Waals surface area contributed by atoms with E-state index in [0.717, 1.165) is 10.8 Å². The van der Waals surface area contributed by atoms with Gasteiger partial charge in [0.15, 0.2) is 0 Å². The van der Waals surface area contributed by atoms with Crippen LogP contribution in [0, 0.1) is 0 Å². The van der Waals surface area contributed by atoms with Crippen molar-refractivity contribution in [1.29, 1.82) is 0 Å². The Balaban J connectivity index is 1.61. The third kappa shape index (κ3) is 7.23. The Kier molecular flexibility index (Phi) is 8.30. The predicted molar refractivity (Wildman–Crippen MR) is 147 cm³/mol. The van der Waals surface area contributed by atoms with Gasteiger partial charge in [-0.25, -0.2) is 4.98 Å². The van der Waals surface area contributed by atoms with Crippen LogP contribution >= 0.6 is 0 Å². The number of fused-ring (bicyclic) bond motifs is 1. The maximum Gasteiger partial charge on any atom is 0.421 e. The van der Waals surface area contributed by atoms with Crippen LogP contribution < -0.4 is 20.7 Å². The highest BCUT2D eigenvalue weighted by molar-refractivity contribution is 5.99. The summed E-state index contributed by atoms with van der Waals surface area (Å²) in [7, 11) is 5.22. The minimum atomic E-state index is -4.68. The first-order valence-electron chi connectivity index (χ1n) is 11.9. The quantitative estimate of drug-likeness (QED) is 0.219. The lowest BCUT2D eigenvalue weighted by molar-refractivity contribution is -0.137. The molecule has 1 aromatic heterocycles. The summed E-state index contributed by atoms with van der Waals surface area (Å²) in [5.74, 6) is -0.465. The first-order chi connectivity index (χ1) is 18.6. The molecule has 0 aliphatic heterocycles. The van der Waals surface area contributed by atoms with Crippen molar-refractivity contribution in [3.05, 3.63) is 84.6 Å². The third-order valence-corrected chi connectivity index (χ3v) is 5.56. The standard InChI is InChI=1S/C28H27F3N6O2/c1-37(2)14-6-9-25(38)33-21-12-13-24(39-3)23(16-21)35-27-32-17-22(28(29,30)31)26(36-27)34-20-11-10-18-7-4-5-8-19(18)15-20/h4-13,15-17H,14H2,1-3H3,(H,33,38)(H2,32,34,35,36)/b9-6+. The van der Waals surface area contributed by atoms with Crippen molar-refractivity contribution in [3.8, 4) is 5.75 Å². The summed E-state index contributed by atoms with van der Waals surface area (Å²) < 4.78 is 46.7. The number of methoxy groups -OCH3 is 1. The summed E-state index contributed by atoms with van der Waals surface area (Å²) in [6.07, 6.45) is -0.828. The number of halogens is 3. The molecule has 0 saturated heterocycles. The number of alkyl halides is 3. The normalized spacial score (nSPS) is 11.7. The molecule has 39 heavy (non-hydrogen) atoms. The number of benzene rings is 3. The minimum absolute atomic E-state index is 0.0982. The van der Waals surface area contributed by atoms with Crippen LogP contribution in [0.1, 0.15) is 5.56 Å². The van der Waals surface area contributed by atoms with E-state index in [1.54, 1.807) is 36.4 Å². The second-order valence-electron chi connectivity index (χ2n) is 8.83. The maximum absolute atomic E-state index is 13.8. The molecule has 0 bridgehead atoms. The molecular weight excluding hydrogens is 509 g/mol. The molecule has 4 aromatic rings. The molecule has 0 fully saturated rings. The van der Waals surface area contributed by atoms with E-state index in [1.165, 1.54) is 13.2 Å². The fourth-order valence-corrected chi connectivity index (χ4v) is 3.71. The van der Waals surface area contributed by atoms with Gasteiger partial charge in [-0.1, -0.05) is 36.4 Å². The van der Waals surface area contributed by atoms with E-state index < -0.39 is 17.6 Å². The van der Waals surface area contributed by atoms with Crippen molar-refractivity contribution < 1.29 is 22.7 Å². The number of hydrogen-bond acceptors (Lipinski definition) is 7. The lowest BCUT2D eigenvalue weighted by Gasteiger charge is -2.16. The van der Waals surface area contributed by atoms with Gasteiger partial charge in [0.2, 0.25) is 11.9 Å². The smallest absolute Gasteiger partial charge is 0.421 e. The van der Waals surface area contributed by atoms with Crippen molar-refractivity contribution in [2.45, 2.75) is 6.18 Å². The molecule has 202 valence electrons. The molecule has 8 nitrogen and oxygen atoms in total. The van der Waals surface area contributed by atoms with Crippen molar-refractivity contribution in [2.24, 2.45) is 0 Å². The van der Waals surface area contributed by atoms with E-state index in [4.69, 9.17) is 4.74 Å². The van der Waals surface area contributed by atoms with E-state index in [9.17, 15) is 18.0 Å². The van der Waals surface area contributed by atoms with Crippen LogP contribution in [0.15, 0.2) is 79.0 Å². The highest BCUT2D eigenvalue weighted by Gasteiger charge is 2.35. The molecule has 0 saturated carbocycles. The Morgan fingerprint density at radius 3 is 2.46 bits per heavy atom. The van der Waals surface area contributed by atoms with Gasteiger partial charge < -0.3 is 25.6 Å². The van der Waals surface area contributed by atoms with Gasteiger partial charge in [-0.2, -0.15) is 18.2 Å². The zero-order chi connectivity index (χ0) is 28.0. The van der Waals surface area contributed by atoms with E-state index >= 15 is 0 Å². The van der Waals surface area contributed by atoms with Gasteiger partial charge >= 0.3 is 6.18 Å². The largest absolute Gasteiger partial charge is 0.495 e. The number of likely N-dealkylation sites (N-methyl/N-ethyl adjacent to an activating group) is 1. The summed E-state index contributed by atoms with van der Waals surface area (Å²) in [6, 6.07) is 17.6. The topological polar surface area (TPSA) is 91.4 Å². The Morgan fingerprint density at radius 1 is 1.00 bits per heavy atom. The second kappa shape index (κ2) is 11.8. The molecule has 4 rings (SSSR count). The molecule has 0 radical (unpaired) electrons. The summed E-state index contributed by atoms with van der Waals surface area (Å²) >= 11 is 0. The number of ether oxygens (including phenoxy) is 1. The molecule has 0 aliphatic rings. The number of aromatic nitrogens is 2. The van der Waals surface area contributed by atoms with Crippen molar-refractivity contribution in [1.82, 2.24) is 14.9 Å². The first-order valence-corrected chi connectivity index (χ1v) is 11.9. The maximum atomic E-state index is 13.8. The zero-order valence-corrected chi connectivity index (χ0v) is 21.5. The summed E-state index contributed by atoms with van der Waals surface area (Å²) in [5.41, 5.74) is 0.218. The molecule has 0 unspecified atom stereocenters. The first kappa shape index (κ1) is 27.4. The van der Waals surface area contributed by atoms with E-state index in [0.29, 0.717) is 35.6 Å². The zero-order valence-electron chi connectivity index (χ0n) is 21.5. The molecule has 0 atom stereocenters. The van der Waals surface area contributed by atoms with Crippen LogP contribution in [0.3, 0.4) is 0 Å². The number of carbonyl (C=O) groups excluding carboxylic acids is 1. The highest BCUT2D eigenvalue weighted by Crippen LogP contribution is 2.36. The Bertz CT molecular complexity index is 1500. The fourth-order valence-electron chi connectivity index (χ4n) is 3.71. The van der Waals surface area contributed by atoms with Crippen molar-refractivity contribution in [3.63, 3.8) is 0 Å². The number of anilines is 5. The third-order valence-electron chi connectivity index (χ3n) is 5.56. The molecule has 11 heteroatoms. The molecule has 1 heterocycles. The van der Waals surface area contributed by atoms with E-state index in [1.807, 2.05) is 49.3 Å². The van der Waals surface area contributed by atoms with Gasteiger partial charge in [-0.15, -0.1) is 0 Å². The Labute approximate surface area is 223 Å². The molecule has 0 aliphatic carbocycles. The predicted octanol–water partition coefficient (Wildman–Crippen LogP) is 6.20. The van der Waals surface area contributed by atoms with Gasteiger partial charge in [0, 0.05) is 30.2 Å². The molecule has 1 amide bonds. The molecule has 3 N–H and O–H groups in total. The fraction of sp³-hybridized carbons (Fsp3) is 0.179. The number of carbonyl (C=O) groups is 1. The minimum Gasteiger partial charge on any atom is -0.495 e. The van der Waals surface area contributed by atoms with Crippen LogP contribution in [-0.4, -0.2) is 48.5 Å². The van der Waals surface area contributed by atoms with Gasteiger partial charge in [0.05, 0.1) is 12.8 Å². The van der Waals surface area contributed by atoms with Crippen molar-refractivity contribution >= 4 is 45.5 Å². The average Bonchev–Trinajstić information content (AvgIpc) is 2.88. The summed E-state index contributed by atoms with van der Waals surface area (Å²) in [4.78, 5) is 22.1. The van der Waals surface area contributed by atoms with Crippen LogP contribution in [0.2, 0.25) is 0 Å². The number of amides is 1. The average molecular weight is 537 g/mol. The van der Waals surface area contributed by atoms with Crippen LogP contribution in [0.4, 0.5) is 42.0 Å². The van der Waals surface area contributed by atoms with Crippen LogP contribution in [-0.2, 0) is 11.0 Å². The Hall–Kier alpha value is -4.64. The number of nitrogens with one attached hydrogen (secondary N) is 3. The summed E-state index contributed by atoms with van der Waals surface area (Å²) in [6.45, 7) is 0.601. The number of rotatable bonds is 9. The van der Waals surface area contributed by atoms with Crippen molar-refractivity contribution in [2.75, 3.05) is 43.7 Å². The van der Waals surface area contributed by atoms with Crippen LogP contribution in [0.5, 0.6) is 5.75 Å². The van der Waals surface area contributed by atoms with Gasteiger partial charge in [0.1, 0.15) is 17.1 Å². The highest BCUT2D eigenvalue weighted by atomic mass is 19.4. The second-order valence-corrected chi connectivity index (χ2v) is 8.83. The molecule has 3 aromatic carbocycles. The number of nitrogens with zero attached hydrogens (tertiary/aromatic N) is 3. The SMILES string of the molecule is COc1ccc(NC(=O)/C=C/CN(C)C)cc1Nc1ncc(C(F)(F)F)c(Nc2ccc3ccccc3c2)n1. The summed E-state index contributed by atoms with van der Waals surface area (Å²) in [5, 5.41) is 10.2. The van der Waals surface area contributed by atoms with Gasteiger partial charge in [-0.05, 0) is 55.2 Å².